The van der Waals surface area contributed by atoms with Crippen LogP contribution in [-0.4, -0.2) is 11.2 Å². The third kappa shape index (κ3) is 2.36. The third-order valence-electron chi connectivity index (χ3n) is 2.34. The van der Waals surface area contributed by atoms with Crippen LogP contribution in [0.15, 0.2) is 18.2 Å². The molecular formula is C12H15ClO. The normalized spacial score (nSPS) is 12.6. The van der Waals surface area contributed by atoms with Crippen LogP contribution in [0.1, 0.15) is 35.3 Å². The van der Waals surface area contributed by atoms with E-state index < -0.39 is 5.38 Å². The van der Waals surface area contributed by atoms with Crippen LogP contribution in [0.5, 0.6) is 0 Å². The van der Waals surface area contributed by atoms with Crippen molar-refractivity contribution in [2.24, 2.45) is 0 Å². The molecule has 0 saturated heterocycles. The van der Waals surface area contributed by atoms with Gasteiger partial charge in [-0.3, -0.25) is 4.79 Å². The summed E-state index contributed by atoms with van der Waals surface area (Å²) < 4.78 is 0. The van der Waals surface area contributed by atoms with Gasteiger partial charge in [-0.15, -0.1) is 11.6 Å². The van der Waals surface area contributed by atoms with Crippen LogP contribution in [0.2, 0.25) is 0 Å². The summed E-state index contributed by atoms with van der Waals surface area (Å²) in [4.78, 5) is 11.7. The molecule has 0 fully saturated rings. The predicted molar refractivity (Wildman–Crippen MR) is 60.2 cm³/mol. The summed E-state index contributed by atoms with van der Waals surface area (Å²) in [6.07, 6.45) is 0.942. The molecule has 0 aliphatic carbocycles. The van der Waals surface area contributed by atoms with Crippen molar-refractivity contribution in [2.45, 2.75) is 32.6 Å². The number of Topliss-reactive ketones (excluding diaryl/α,β-unsaturated/α-hetero) is 1. The van der Waals surface area contributed by atoms with Crippen LogP contribution in [0.25, 0.3) is 0 Å². The fourth-order valence-corrected chi connectivity index (χ4v) is 1.49. The molecule has 1 unspecified atom stereocenters. The zero-order valence-corrected chi connectivity index (χ0v) is 9.56. The number of hydrogen-bond acceptors (Lipinski definition) is 1. The first-order valence-electron chi connectivity index (χ1n) is 4.84. The average Bonchev–Trinajstić information content (AvgIpc) is 2.17. The molecule has 1 atom stereocenters. The first-order valence-corrected chi connectivity index (χ1v) is 5.27. The third-order valence-corrected chi connectivity index (χ3v) is 2.54. The highest BCUT2D eigenvalue weighted by Crippen LogP contribution is 2.15. The van der Waals surface area contributed by atoms with Crippen molar-refractivity contribution in [3.05, 3.63) is 34.9 Å². The summed E-state index contributed by atoms with van der Waals surface area (Å²) in [5.41, 5.74) is 2.93. The molecule has 14 heavy (non-hydrogen) atoms. The highest BCUT2D eigenvalue weighted by atomic mass is 35.5. The summed E-state index contributed by atoms with van der Waals surface area (Å²) >= 11 is 5.78. The summed E-state index contributed by atoms with van der Waals surface area (Å²) in [5.74, 6) is 0.0134. The summed E-state index contributed by atoms with van der Waals surface area (Å²) in [5, 5.41) is -0.444. The fraction of sp³-hybridized carbons (Fsp3) is 0.417. The van der Waals surface area contributed by atoms with Gasteiger partial charge in [-0.25, -0.2) is 0 Å². The highest BCUT2D eigenvalue weighted by Gasteiger charge is 2.14. The zero-order valence-electron chi connectivity index (χ0n) is 8.80. The lowest BCUT2D eigenvalue weighted by atomic mass is 9.99. The molecule has 76 valence electrons. The van der Waals surface area contributed by atoms with Gasteiger partial charge in [0.25, 0.3) is 0 Å². The van der Waals surface area contributed by atoms with E-state index in [0.717, 1.165) is 17.5 Å². The second-order valence-corrected chi connectivity index (χ2v) is 4.14. The van der Waals surface area contributed by atoms with Gasteiger partial charge in [-0.2, -0.15) is 0 Å². The number of carbonyl (C=O) groups is 1. The molecule has 0 aliphatic rings. The van der Waals surface area contributed by atoms with E-state index in [1.165, 1.54) is 5.56 Å². The molecule has 0 aliphatic heterocycles. The Morgan fingerprint density at radius 1 is 1.50 bits per heavy atom. The molecule has 0 heterocycles. The van der Waals surface area contributed by atoms with Crippen molar-refractivity contribution < 1.29 is 4.79 Å². The summed E-state index contributed by atoms with van der Waals surface area (Å²) in [7, 11) is 0. The van der Waals surface area contributed by atoms with Gasteiger partial charge in [0.2, 0.25) is 0 Å². The van der Waals surface area contributed by atoms with E-state index in [4.69, 9.17) is 11.6 Å². The Kier molecular flexibility index (Phi) is 3.70. The standard InChI is InChI=1S/C12H15ClO/c1-4-10-6-5-8(2)11(7-10)12(14)9(3)13/h5-7,9H,4H2,1-3H3. The second-order valence-electron chi connectivity index (χ2n) is 3.48. The van der Waals surface area contributed by atoms with Crippen molar-refractivity contribution in [1.29, 1.82) is 0 Å². The average molecular weight is 211 g/mol. The van der Waals surface area contributed by atoms with Crippen LogP contribution >= 0.6 is 11.6 Å². The molecule has 0 aromatic heterocycles. The molecule has 0 bridgehead atoms. The predicted octanol–water partition coefficient (Wildman–Crippen LogP) is 3.37. The molecule has 0 radical (unpaired) electrons. The summed E-state index contributed by atoms with van der Waals surface area (Å²) in [6.45, 7) is 5.72. The lowest BCUT2D eigenvalue weighted by Crippen LogP contribution is -2.12. The molecule has 1 nitrogen and oxygen atoms in total. The second kappa shape index (κ2) is 4.61. The van der Waals surface area contributed by atoms with Crippen molar-refractivity contribution in [2.75, 3.05) is 0 Å². The first kappa shape index (κ1) is 11.3. The minimum Gasteiger partial charge on any atom is -0.293 e. The van der Waals surface area contributed by atoms with E-state index in [1.54, 1.807) is 6.92 Å². The number of ketones is 1. The van der Waals surface area contributed by atoms with E-state index in [2.05, 4.69) is 6.92 Å². The van der Waals surface area contributed by atoms with E-state index in [0.29, 0.717) is 0 Å². The quantitative estimate of drug-likeness (QED) is 0.552. The number of carbonyl (C=O) groups excluding carboxylic acids is 1. The van der Waals surface area contributed by atoms with Crippen molar-refractivity contribution in [3.8, 4) is 0 Å². The van der Waals surface area contributed by atoms with E-state index >= 15 is 0 Å². The van der Waals surface area contributed by atoms with Crippen LogP contribution in [0.3, 0.4) is 0 Å². The molecule has 0 saturated carbocycles. The largest absolute Gasteiger partial charge is 0.293 e. The maximum absolute atomic E-state index is 11.7. The van der Waals surface area contributed by atoms with Crippen molar-refractivity contribution >= 4 is 17.4 Å². The molecule has 0 spiro atoms. The Bertz CT molecular complexity index is 342. The van der Waals surface area contributed by atoms with Gasteiger partial charge in [0.05, 0.1) is 5.38 Å². The monoisotopic (exact) mass is 210 g/mol. The van der Waals surface area contributed by atoms with Gasteiger partial charge in [0.1, 0.15) is 0 Å². The Morgan fingerprint density at radius 3 is 2.64 bits per heavy atom. The van der Waals surface area contributed by atoms with Gasteiger partial charge >= 0.3 is 0 Å². The first-order chi connectivity index (χ1) is 6.56. The van der Waals surface area contributed by atoms with Gasteiger partial charge in [-0.05, 0) is 37.5 Å². The lowest BCUT2D eigenvalue weighted by Gasteiger charge is -2.08. The minimum absolute atomic E-state index is 0.0134. The van der Waals surface area contributed by atoms with Crippen LogP contribution < -0.4 is 0 Å². The van der Waals surface area contributed by atoms with Crippen LogP contribution in [0.4, 0.5) is 0 Å². The number of alkyl halides is 1. The number of benzene rings is 1. The van der Waals surface area contributed by atoms with Crippen LogP contribution in [0, 0.1) is 6.92 Å². The van der Waals surface area contributed by atoms with E-state index in [1.807, 2.05) is 25.1 Å². The highest BCUT2D eigenvalue weighted by molar-refractivity contribution is 6.33. The number of hydrogen-bond donors (Lipinski definition) is 0. The molecule has 0 amide bonds. The summed E-state index contributed by atoms with van der Waals surface area (Å²) in [6, 6.07) is 5.97. The molecule has 1 aromatic carbocycles. The maximum Gasteiger partial charge on any atom is 0.180 e. The number of rotatable bonds is 3. The molecular weight excluding hydrogens is 196 g/mol. The Balaban J connectivity index is 3.12. The van der Waals surface area contributed by atoms with Crippen molar-refractivity contribution in [1.82, 2.24) is 0 Å². The molecule has 1 aromatic rings. The number of halogens is 1. The van der Waals surface area contributed by atoms with Crippen LogP contribution in [-0.2, 0) is 6.42 Å². The van der Waals surface area contributed by atoms with Gasteiger partial charge in [0, 0.05) is 5.56 Å². The Hall–Kier alpha value is -0.820. The van der Waals surface area contributed by atoms with Crippen molar-refractivity contribution in [3.63, 3.8) is 0 Å². The topological polar surface area (TPSA) is 17.1 Å². The molecule has 0 N–H and O–H groups in total. The lowest BCUT2D eigenvalue weighted by molar-refractivity contribution is 0.0991. The Labute approximate surface area is 90.1 Å². The molecule has 1 rings (SSSR count). The fourth-order valence-electron chi connectivity index (χ4n) is 1.37. The minimum atomic E-state index is -0.444. The number of aryl methyl sites for hydroxylation is 2. The maximum atomic E-state index is 11.7. The SMILES string of the molecule is CCc1ccc(C)c(C(=O)C(C)Cl)c1. The van der Waals surface area contributed by atoms with Gasteiger partial charge in [-0.1, -0.05) is 19.1 Å². The van der Waals surface area contributed by atoms with Gasteiger partial charge < -0.3 is 0 Å². The van der Waals surface area contributed by atoms with E-state index in [9.17, 15) is 4.79 Å². The van der Waals surface area contributed by atoms with E-state index in [-0.39, 0.29) is 5.78 Å². The molecule has 2 heteroatoms. The van der Waals surface area contributed by atoms with Gasteiger partial charge in [0.15, 0.2) is 5.78 Å². The Morgan fingerprint density at radius 2 is 2.14 bits per heavy atom. The zero-order chi connectivity index (χ0) is 10.7. The smallest absolute Gasteiger partial charge is 0.180 e.